The summed E-state index contributed by atoms with van der Waals surface area (Å²) in [5.41, 5.74) is 1.85. The highest BCUT2D eigenvalue weighted by molar-refractivity contribution is 7.89. The number of sulfonamides is 1. The maximum Gasteiger partial charge on any atom is 0.257 e. The predicted octanol–water partition coefficient (Wildman–Crippen LogP) is 3.72. The Morgan fingerprint density at radius 1 is 1.10 bits per heavy atom. The Labute approximate surface area is 177 Å². The molecule has 0 fully saturated rings. The van der Waals surface area contributed by atoms with E-state index in [-0.39, 0.29) is 17.3 Å². The van der Waals surface area contributed by atoms with Gasteiger partial charge in [0.1, 0.15) is 5.82 Å². The molecule has 2 N–H and O–H groups in total. The van der Waals surface area contributed by atoms with Crippen molar-refractivity contribution in [3.8, 4) is 0 Å². The highest BCUT2D eigenvalue weighted by Gasteiger charge is 2.19. The van der Waals surface area contributed by atoms with Crippen LogP contribution in [0.25, 0.3) is 0 Å². The molecule has 3 aromatic rings. The van der Waals surface area contributed by atoms with Crippen molar-refractivity contribution in [1.29, 1.82) is 0 Å². The molecule has 1 amide bonds. The molecule has 0 saturated carbocycles. The molecular weight excluding hydrogens is 400 g/mol. The van der Waals surface area contributed by atoms with Gasteiger partial charge in [-0.1, -0.05) is 49.7 Å². The lowest BCUT2D eigenvalue weighted by molar-refractivity contribution is 0.102. The van der Waals surface area contributed by atoms with Gasteiger partial charge in [0, 0.05) is 24.7 Å². The molecule has 1 heterocycles. The maximum absolute atomic E-state index is 12.8. The van der Waals surface area contributed by atoms with Crippen molar-refractivity contribution in [2.75, 3.05) is 5.32 Å². The summed E-state index contributed by atoms with van der Waals surface area (Å²) < 4.78 is 29.8. The third-order valence-corrected chi connectivity index (χ3v) is 6.15. The van der Waals surface area contributed by atoms with E-state index in [4.69, 9.17) is 0 Å². The second-order valence-electron chi connectivity index (χ2n) is 7.03. The molecule has 0 aliphatic carbocycles. The van der Waals surface area contributed by atoms with E-state index in [0.29, 0.717) is 23.5 Å². The summed E-state index contributed by atoms with van der Waals surface area (Å²) in [5.74, 6) is 0.217. The van der Waals surface area contributed by atoms with Crippen molar-refractivity contribution < 1.29 is 13.2 Å². The molecule has 0 aliphatic heterocycles. The maximum atomic E-state index is 12.8. The molecule has 0 atom stereocenters. The number of nitrogens with one attached hydrogen (secondary N) is 2. The number of aromatic nitrogens is 2. The summed E-state index contributed by atoms with van der Waals surface area (Å²) in [5, 5.41) is 7.07. The Hall–Kier alpha value is -2.97. The van der Waals surface area contributed by atoms with Crippen LogP contribution in [-0.4, -0.2) is 24.1 Å². The minimum absolute atomic E-state index is 0.0497. The van der Waals surface area contributed by atoms with Crippen molar-refractivity contribution in [2.45, 2.75) is 44.7 Å². The first kappa shape index (κ1) is 21.7. The lowest BCUT2D eigenvalue weighted by atomic mass is 10.1. The Morgan fingerprint density at radius 2 is 1.87 bits per heavy atom. The van der Waals surface area contributed by atoms with E-state index >= 15 is 0 Å². The molecule has 0 saturated heterocycles. The fourth-order valence-electron chi connectivity index (χ4n) is 2.98. The number of rotatable bonds is 9. The number of unbranched alkanes of at least 4 members (excludes halogenated alkanes) is 1. The van der Waals surface area contributed by atoms with Crippen LogP contribution >= 0.6 is 0 Å². The Kier molecular flexibility index (Phi) is 7.02. The van der Waals surface area contributed by atoms with Gasteiger partial charge in [-0.2, -0.15) is 5.10 Å². The quantitative estimate of drug-likeness (QED) is 0.545. The molecule has 158 valence electrons. The minimum atomic E-state index is -3.76. The summed E-state index contributed by atoms with van der Waals surface area (Å²) in [6, 6.07) is 15.5. The molecule has 8 heteroatoms. The van der Waals surface area contributed by atoms with E-state index < -0.39 is 10.0 Å². The van der Waals surface area contributed by atoms with Crippen molar-refractivity contribution in [1.82, 2.24) is 14.5 Å². The van der Waals surface area contributed by atoms with Crippen LogP contribution in [0, 0.1) is 6.92 Å². The first-order valence-corrected chi connectivity index (χ1v) is 11.4. The highest BCUT2D eigenvalue weighted by Crippen LogP contribution is 2.18. The van der Waals surface area contributed by atoms with Crippen molar-refractivity contribution >= 4 is 21.7 Å². The number of aryl methyl sites for hydroxylation is 2. The summed E-state index contributed by atoms with van der Waals surface area (Å²) in [7, 11) is -3.76. The summed E-state index contributed by atoms with van der Waals surface area (Å²) in [4.78, 5) is 12.9. The number of carbonyl (C=O) groups excluding carboxylic acids is 1. The Balaban J connectivity index is 1.77. The van der Waals surface area contributed by atoms with E-state index in [0.717, 1.165) is 18.4 Å². The van der Waals surface area contributed by atoms with Gasteiger partial charge < -0.3 is 5.32 Å². The van der Waals surface area contributed by atoms with Gasteiger partial charge in [0.25, 0.3) is 5.91 Å². The first-order valence-electron chi connectivity index (χ1n) is 9.88. The van der Waals surface area contributed by atoms with Crippen LogP contribution in [0.5, 0.6) is 0 Å². The van der Waals surface area contributed by atoms with Crippen LogP contribution in [-0.2, 0) is 23.1 Å². The van der Waals surface area contributed by atoms with Crippen LogP contribution < -0.4 is 10.0 Å². The van der Waals surface area contributed by atoms with Gasteiger partial charge in [-0.15, -0.1) is 0 Å². The highest BCUT2D eigenvalue weighted by atomic mass is 32.2. The van der Waals surface area contributed by atoms with E-state index in [9.17, 15) is 13.2 Å². The summed E-state index contributed by atoms with van der Waals surface area (Å²) in [6.45, 7) is 4.74. The number of anilines is 1. The van der Waals surface area contributed by atoms with Gasteiger partial charge >= 0.3 is 0 Å². The van der Waals surface area contributed by atoms with Crippen LogP contribution in [0.3, 0.4) is 0 Å². The number of carbonyl (C=O) groups is 1. The molecule has 0 spiro atoms. The molecule has 0 bridgehead atoms. The molecule has 2 aromatic carbocycles. The molecule has 30 heavy (non-hydrogen) atoms. The molecule has 0 unspecified atom stereocenters. The fourth-order valence-corrected chi connectivity index (χ4v) is 4.02. The topological polar surface area (TPSA) is 93.1 Å². The number of amides is 1. The molecule has 7 nitrogen and oxygen atoms in total. The number of hydrogen-bond acceptors (Lipinski definition) is 4. The molecule has 0 radical (unpaired) electrons. The van der Waals surface area contributed by atoms with Crippen molar-refractivity contribution in [3.05, 3.63) is 77.5 Å². The Bertz CT molecular complexity index is 1110. The van der Waals surface area contributed by atoms with Crippen LogP contribution in [0.2, 0.25) is 0 Å². The molecule has 3 rings (SSSR count). The van der Waals surface area contributed by atoms with E-state index in [1.54, 1.807) is 29.9 Å². The molecule has 0 aliphatic rings. The lowest BCUT2D eigenvalue weighted by Crippen LogP contribution is -2.24. The fraction of sp³-hybridized carbons (Fsp3) is 0.273. The zero-order valence-electron chi connectivity index (χ0n) is 17.1. The number of hydrogen-bond donors (Lipinski definition) is 2. The SMILES string of the molecule is CCCCn1nccc1NC(=O)c1cc(S(=O)(=O)NCc2ccccc2)ccc1C. The van der Waals surface area contributed by atoms with Gasteiger partial charge in [0.2, 0.25) is 10.0 Å². The van der Waals surface area contributed by atoms with Gasteiger partial charge in [-0.05, 0) is 36.6 Å². The largest absolute Gasteiger partial charge is 0.307 e. The van der Waals surface area contributed by atoms with Gasteiger partial charge in [-0.25, -0.2) is 17.8 Å². The zero-order valence-corrected chi connectivity index (χ0v) is 17.9. The minimum Gasteiger partial charge on any atom is -0.307 e. The summed E-state index contributed by atoms with van der Waals surface area (Å²) >= 11 is 0. The standard InChI is InChI=1S/C22H26N4O3S/c1-3-4-14-26-21(12-13-23-26)25-22(27)20-15-19(11-10-17(20)2)30(28,29)24-16-18-8-6-5-7-9-18/h5-13,15,24H,3-4,14,16H2,1-2H3,(H,25,27). The number of benzene rings is 2. The van der Waals surface area contributed by atoms with Crippen LogP contribution in [0.15, 0.2) is 65.7 Å². The second kappa shape index (κ2) is 9.69. The van der Waals surface area contributed by atoms with Gasteiger partial charge in [-0.3, -0.25) is 4.79 Å². The first-order chi connectivity index (χ1) is 14.4. The third kappa shape index (κ3) is 5.34. The average molecular weight is 427 g/mol. The third-order valence-electron chi connectivity index (χ3n) is 4.75. The van der Waals surface area contributed by atoms with Crippen LogP contribution in [0.1, 0.15) is 41.3 Å². The molecule has 1 aromatic heterocycles. The van der Waals surface area contributed by atoms with E-state index in [1.165, 1.54) is 12.1 Å². The van der Waals surface area contributed by atoms with Gasteiger partial charge in [0.15, 0.2) is 0 Å². The average Bonchev–Trinajstić information content (AvgIpc) is 3.18. The van der Waals surface area contributed by atoms with Crippen molar-refractivity contribution in [3.63, 3.8) is 0 Å². The monoisotopic (exact) mass is 426 g/mol. The zero-order chi connectivity index (χ0) is 21.6. The summed E-state index contributed by atoms with van der Waals surface area (Å²) in [6.07, 6.45) is 3.60. The predicted molar refractivity (Wildman–Crippen MR) is 117 cm³/mol. The smallest absolute Gasteiger partial charge is 0.257 e. The van der Waals surface area contributed by atoms with Crippen molar-refractivity contribution in [2.24, 2.45) is 0 Å². The molecular formula is C22H26N4O3S. The normalized spacial score (nSPS) is 11.4. The van der Waals surface area contributed by atoms with E-state index in [1.807, 2.05) is 30.3 Å². The van der Waals surface area contributed by atoms with E-state index in [2.05, 4.69) is 22.1 Å². The lowest BCUT2D eigenvalue weighted by Gasteiger charge is -2.12. The Morgan fingerprint density at radius 3 is 2.60 bits per heavy atom. The second-order valence-corrected chi connectivity index (χ2v) is 8.80. The number of nitrogens with zero attached hydrogens (tertiary/aromatic N) is 2. The van der Waals surface area contributed by atoms with Crippen LogP contribution in [0.4, 0.5) is 5.82 Å². The van der Waals surface area contributed by atoms with Gasteiger partial charge in [0.05, 0.1) is 11.1 Å².